The van der Waals surface area contributed by atoms with Gasteiger partial charge in [-0.05, 0) is 42.8 Å². The smallest absolute Gasteiger partial charge is 0.344 e. The van der Waals surface area contributed by atoms with E-state index in [4.69, 9.17) is 9.47 Å². The summed E-state index contributed by atoms with van der Waals surface area (Å²) in [7, 11) is 0. The van der Waals surface area contributed by atoms with Crippen molar-refractivity contribution in [3.8, 4) is 5.75 Å². The number of para-hydroxylation sites is 1. The van der Waals surface area contributed by atoms with Crippen LogP contribution in [-0.4, -0.2) is 31.6 Å². The molecule has 0 bridgehead atoms. The third-order valence-electron chi connectivity index (χ3n) is 3.36. The lowest BCUT2D eigenvalue weighted by atomic mass is 10.1. The molecule has 1 aromatic carbocycles. The molecule has 0 fully saturated rings. The number of carbonyl (C=O) groups is 2. The van der Waals surface area contributed by atoms with Gasteiger partial charge in [0.2, 0.25) is 0 Å². The summed E-state index contributed by atoms with van der Waals surface area (Å²) < 4.78 is 10.6. The molecule has 128 valence electrons. The lowest BCUT2D eigenvalue weighted by Gasteiger charge is -2.11. The van der Waals surface area contributed by atoms with E-state index < -0.39 is 5.97 Å². The van der Waals surface area contributed by atoms with Crippen molar-refractivity contribution in [2.24, 2.45) is 0 Å². The standard InChI is InChI=1S/C18H21NO4S/c1-13-6-3-7-14(2)17(13)23-12-16(20)22-10-5-9-19-18(21)15-8-4-11-24-15/h3-4,6-8,11H,5,9-10,12H2,1-2H3,(H,19,21). The van der Waals surface area contributed by atoms with E-state index in [-0.39, 0.29) is 19.1 Å². The molecule has 1 N–H and O–H groups in total. The summed E-state index contributed by atoms with van der Waals surface area (Å²) in [6.07, 6.45) is 0.562. The molecule has 0 aliphatic heterocycles. The topological polar surface area (TPSA) is 64.6 Å². The van der Waals surface area contributed by atoms with E-state index in [1.165, 1.54) is 11.3 Å². The van der Waals surface area contributed by atoms with Crippen molar-refractivity contribution in [1.82, 2.24) is 5.32 Å². The molecule has 1 amide bonds. The predicted molar refractivity (Wildman–Crippen MR) is 93.6 cm³/mol. The molecular formula is C18H21NO4S. The number of hydrogen-bond acceptors (Lipinski definition) is 5. The van der Waals surface area contributed by atoms with Crippen molar-refractivity contribution in [3.63, 3.8) is 0 Å². The minimum absolute atomic E-state index is 0.102. The summed E-state index contributed by atoms with van der Waals surface area (Å²) in [4.78, 5) is 24.1. The molecule has 1 aromatic heterocycles. The summed E-state index contributed by atoms with van der Waals surface area (Å²) in [5.41, 5.74) is 1.97. The largest absolute Gasteiger partial charge is 0.481 e. The van der Waals surface area contributed by atoms with Gasteiger partial charge in [-0.15, -0.1) is 11.3 Å². The van der Waals surface area contributed by atoms with E-state index in [0.717, 1.165) is 16.9 Å². The van der Waals surface area contributed by atoms with Gasteiger partial charge < -0.3 is 14.8 Å². The molecule has 24 heavy (non-hydrogen) atoms. The van der Waals surface area contributed by atoms with Crippen LogP contribution in [0.5, 0.6) is 5.75 Å². The Morgan fingerprint density at radius 3 is 2.54 bits per heavy atom. The first-order valence-corrected chi connectivity index (χ1v) is 8.62. The quantitative estimate of drug-likeness (QED) is 0.589. The number of carbonyl (C=O) groups excluding carboxylic acids is 2. The van der Waals surface area contributed by atoms with Crippen molar-refractivity contribution in [2.75, 3.05) is 19.8 Å². The molecule has 0 saturated heterocycles. The molecule has 0 atom stereocenters. The third-order valence-corrected chi connectivity index (χ3v) is 4.23. The highest BCUT2D eigenvalue weighted by molar-refractivity contribution is 7.12. The fourth-order valence-corrected chi connectivity index (χ4v) is 2.79. The highest BCUT2D eigenvalue weighted by Gasteiger charge is 2.09. The van der Waals surface area contributed by atoms with Gasteiger partial charge in [0.1, 0.15) is 5.75 Å². The Kier molecular flexibility index (Phi) is 6.81. The second kappa shape index (κ2) is 9.08. The zero-order chi connectivity index (χ0) is 17.4. The maximum absolute atomic E-state index is 11.7. The number of esters is 1. The lowest BCUT2D eigenvalue weighted by Crippen LogP contribution is -2.25. The Hall–Kier alpha value is -2.34. The number of ether oxygens (including phenoxy) is 2. The van der Waals surface area contributed by atoms with Gasteiger partial charge in [-0.25, -0.2) is 4.79 Å². The zero-order valence-electron chi connectivity index (χ0n) is 13.8. The van der Waals surface area contributed by atoms with E-state index in [9.17, 15) is 9.59 Å². The molecule has 0 spiro atoms. The zero-order valence-corrected chi connectivity index (χ0v) is 14.7. The molecule has 0 radical (unpaired) electrons. The minimum atomic E-state index is -0.415. The van der Waals surface area contributed by atoms with Crippen LogP contribution in [-0.2, 0) is 9.53 Å². The van der Waals surface area contributed by atoms with Crippen LogP contribution in [0.3, 0.4) is 0 Å². The maximum Gasteiger partial charge on any atom is 0.344 e. The first-order chi connectivity index (χ1) is 11.6. The van der Waals surface area contributed by atoms with Gasteiger partial charge in [0, 0.05) is 6.54 Å². The predicted octanol–water partition coefficient (Wildman–Crippen LogP) is 3.11. The number of aryl methyl sites for hydroxylation is 2. The third kappa shape index (κ3) is 5.38. The van der Waals surface area contributed by atoms with Gasteiger partial charge in [0.05, 0.1) is 11.5 Å². The Labute approximate surface area is 145 Å². The molecule has 5 nitrogen and oxygen atoms in total. The fourth-order valence-electron chi connectivity index (χ4n) is 2.15. The Morgan fingerprint density at radius 1 is 1.12 bits per heavy atom. The molecule has 2 rings (SSSR count). The van der Waals surface area contributed by atoms with Crippen LogP contribution in [0.1, 0.15) is 27.2 Å². The van der Waals surface area contributed by atoms with Crippen LogP contribution in [0, 0.1) is 13.8 Å². The Balaban J connectivity index is 1.61. The van der Waals surface area contributed by atoms with Crippen LogP contribution >= 0.6 is 11.3 Å². The lowest BCUT2D eigenvalue weighted by molar-refractivity contribution is -0.146. The molecule has 1 heterocycles. The van der Waals surface area contributed by atoms with E-state index >= 15 is 0 Å². The second-order valence-electron chi connectivity index (χ2n) is 5.32. The molecular weight excluding hydrogens is 326 g/mol. The van der Waals surface area contributed by atoms with Crippen molar-refractivity contribution < 1.29 is 19.1 Å². The molecule has 0 aliphatic rings. The van der Waals surface area contributed by atoms with E-state index in [0.29, 0.717) is 17.8 Å². The highest BCUT2D eigenvalue weighted by Crippen LogP contribution is 2.22. The summed E-state index contributed by atoms with van der Waals surface area (Å²) in [6, 6.07) is 9.41. The molecule has 2 aromatic rings. The van der Waals surface area contributed by atoms with E-state index in [2.05, 4.69) is 5.32 Å². The van der Waals surface area contributed by atoms with Crippen LogP contribution < -0.4 is 10.1 Å². The summed E-state index contributed by atoms with van der Waals surface area (Å²) in [5.74, 6) is 0.203. The van der Waals surface area contributed by atoms with Crippen LogP contribution in [0.25, 0.3) is 0 Å². The van der Waals surface area contributed by atoms with Crippen molar-refractivity contribution >= 4 is 23.2 Å². The van der Waals surface area contributed by atoms with Gasteiger partial charge in [0.15, 0.2) is 6.61 Å². The molecule has 0 unspecified atom stereocenters. The van der Waals surface area contributed by atoms with Gasteiger partial charge in [-0.1, -0.05) is 24.3 Å². The van der Waals surface area contributed by atoms with Gasteiger partial charge in [-0.2, -0.15) is 0 Å². The number of amides is 1. The summed E-state index contributed by atoms with van der Waals surface area (Å²) >= 11 is 1.39. The SMILES string of the molecule is Cc1cccc(C)c1OCC(=O)OCCCNC(=O)c1cccs1. The van der Waals surface area contributed by atoms with E-state index in [1.54, 1.807) is 6.07 Å². The Morgan fingerprint density at radius 2 is 1.88 bits per heavy atom. The van der Waals surface area contributed by atoms with Gasteiger partial charge >= 0.3 is 5.97 Å². The average molecular weight is 347 g/mol. The van der Waals surface area contributed by atoms with E-state index in [1.807, 2.05) is 43.5 Å². The van der Waals surface area contributed by atoms with Gasteiger partial charge in [0.25, 0.3) is 5.91 Å². The van der Waals surface area contributed by atoms with Crippen molar-refractivity contribution in [2.45, 2.75) is 20.3 Å². The summed E-state index contributed by atoms with van der Waals surface area (Å²) in [6.45, 7) is 4.46. The first kappa shape index (κ1) is 18.0. The number of benzene rings is 1. The van der Waals surface area contributed by atoms with Crippen LogP contribution in [0.15, 0.2) is 35.7 Å². The average Bonchev–Trinajstić information content (AvgIpc) is 3.08. The van der Waals surface area contributed by atoms with Crippen LogP contribution in [0.4, 0.5) is 0 Å². The molecule has 6 heteroatoms. The highest BCUT2D eigenvalue weighted by atomic mass is 32.1. The maximum atomic E-state index is 11.7. The minimum Gasteiger partial charge on any atom is -0.481 e. The monoisotopic (exact) mass is 347 g/mol. The second-order valence-corrected chi connectivity index (χ2v) is 6.26. The molecule has 0 aliphatic carbocycles. The van der Waals surface area contributed by atoms with Gasteiger partial charge in [-0.3, -0.25) is 4.79 Å². The Bertz CT molecular complexity index is 662. The van der Waals surface area contributed by atoms with Crippen molar-refractivity contribution in [1.29, 1.82) is 0 Å². The number of thiophene rings is 1. The van der Waals surface area contributed by atoms with Crippen molar-refractivity contribution in [3.05, 3.63) is 51.7 Å². The molecule has 0 saturated carbocycles. The number of nitrogens with one attached hydrogen (secondary N) is 1. The number of hydrogen-bond donors (Lipinski definition) is 1. The number of rotatable bonds is 8. The first-order valence-electron chi connectivity index (χ1n) is 7.74. The normalized spacial score (nSPS) is 10.2. The fraction of sp³-hybridized carbons (Fsp3) is 0.333. The van der Waals surface area contributed by atoms with Crippen LogP contribution in [0.2, 0.25) is 0 Å². The summed E-state index contributed by atoms with van der Waals surface area (Å²) in [5, 5.41) is 4.63.